The highest BCUT2D eigenvalue weighted by atomic mass is 19.1. The predicted molar refractivity (Wildman–Crippen MR) is 219 cm³/mol. The third kappa shape index (κ3) is 10.3. The van der Waals surface area contributed by atoms with Crippen LogP contribution < -0.4 is 10.6 Å². The minimum atomic E-state index is -0.299. The number of benzene rings is 4. The first kappa shape index (κ1) is 38.9. The minimum absolute atomic E-state index is 0.223. The molecule has 288 valence electrons. The van der Waals surface area contributed by atoms with Gasteiger partial charge >= 0.3 is 0 Å². The molecule has 4 aromatic carbocycles. The van der Waals surface area contributed by atoms with E-state index in [2.05, 4.69) is 40.5 Å². The Hall–Kier alpha value is -7.34. The SMILES string of the molecule is Fc1ccc(-c2cnc(NCCc3ccccc3F)nc2-c2ccncc2)cc1.Fc1ccc(CCNc2ncc(-c3ccc(F)cc3)c(-c3ccncc3)n2)cc1. The fourth-order valence-electron chi connectivity index (χ4n) is 6.05. The van der Waals surface area contributed by atoms with E-state index >= 15 is 0 Å². The Morgan fingerprint density at radius 1 is 0.431 bits per heavy atom. The van der Waals surface area contributed by atoms with Gasteiger partial charge < -0.3 is 10.6 Å². The maximum absolute atomic E-state index is 13.8. The van der Waals surface area contributed by atoms with Gasteiger partial charge in [-0.25, -0.2) is 37.5 Å². The van der Waals surface area contributed by atoms with Crippen LogP contribution in [-0.2, 0) is 12.8 Å². The largest absolute Gasteiger partial charge is 0.354 e. The number of aromatic nitrogens is 6. The molecule has 2 N–H and O–H groups in total. The van der Waals surface area contributed by atoms with Gasteiger partial charge in [0, 0.05) is 72.5 Å². The van der Waals surface area contributed by atoms with Gasteiger partial charge in [0.1, 0.15) is 23.3 Å². The molecule has 8 nitrogen and oxygen atoms in total. The summed E-state index contributed by atoms with van der Waals surface area (Å²) in [7, 11) is 0. The summed E-state index contributed by atoms with van der Waals surface area (Å²) in [4.78, 5) is 26.3. The standard InChI is InChI=1S/2C23H18F2N4/c24-19-5-1-16(2-6-19)9-14-27-23-28-15-21(17-3-7-20(25)8-4-17)22(29-23)18-10-12-26-13-11-18;24-19-7-5-16(6-8-19)20-15-28-23(29-22(20)18-9-12-26-13-10-18)27-14-11-17-3-1-2-4-21(17)25/h1-8,10-13,15H,9,14H2,(H,27,28,29);1-10,12-13,15H,11,14H2,(H,27,28,29). The van der Waals surface area contributed by atoms with E-state index in [9.17, 15) is 17.6 Å². The van der Waals surface area contributed by atoms with E-state index in [-0.39, 0.29) is 23.3 Å². The third-order valence-corrected chi connectivity index (χ3v) is 9.04. The molecule has 12 heteroatoms. The van der Waals surface area contributed by atoms with Crippen LogP contribution >= 0.6 is 0 Å². The second-order valence-electron chi connectivity index (χ2n) is 13.0. The fourth-order valence-corrected chi connectivity index (χ4v) is 6.05. The van der Waals surface area contributed by atoms with E-state index in [0.29, 0.717) is 49.1 Å². The van der Waals surface area contributed by atoms with Gasteiger partial charge in [-0.15, -0.1) is 0 Å². The fraction of sp³-hybridized carbons (Fsp3) is 0.0870. The highest BCUT2D eigenvalue weighted by Crippen LogP contribution is 2.32. The number of nitrogens with one attached hydrogen (secondary N) is 2. The number of pyridine rings is 2. The molecular formula is C46H36F4N8. The van der Waals surface area contributed by atoms with Crippen molar-refractivity contribution in [2.45, 2.75) is 12.8 Å². The Bertz CT molecular complexity index is 2540. The molecule has 4 aromatic heterocycles. The summed E-state index contributed by atoms with van der Waals surface area (Å²) in [6.07, 6.45) is 11.5. The molecule has 0 radical (unpaired) electrons. The quantitative estimate of drug-likeness (QED) is 0.118. The van der Waals surface area contributed by atoms with Crippen LogP contribution in [0.5, 0.6) is 0 Å². The predicted octanol–water partition coefficient (Wildman–Crippen LogP) is 10.3. The van der Waals surface area contributed by atoms with Crippen molar-refractivity contribution < 1.29 is 17.6 Å². The van der Waals surface area contributed by atoms with E-state index in [1.165, 1.54) is 42.5 Å². The molecule has 0 aliphatic rings. The molecule has 0 fully saturated rings. The number of anilines is 2. The van der Waals surface area contributed by atoms with E-state index < -0.39 is 0 Å². The van der Waals surface area contributed by atoms with Gasteiger partial charge in [0.15, 0.2) is 0 Å². The van der Waals surface area contributed by atoms with Crippen molar-refractivity contribution in [2.24, 2.45) is 0 Å². The molecule has 0 aliphatic heterocycles. The lowest BCUT2D eigenvalue weighted by atomic mass is 10.0. The van der Waals surface area contributed by atoms with E-state index in [4.69, 9.17) is 0 Å². The second kappa shape index (κ2) is 19.0. The first-order chi connectivity index (χ1) is 28.4. The van der Waals surface area contributed by atoms with Gasteiger partial charge in [-0.3, -0.25) is 9.97 Å². The summed E-state index contributed by atoms with van der Waals surface area (Å²) in [6.45, 7) is 1.10. The number of rotatable bonds is 12. The average molecular weight is 777 g/mol. The lowest BCUT2D eigenvalue weighted by Gasteiger charge is -2.12. The lowest BCUT2D eigenvalue weighted by Crippen LogP contribution is -2.09. The van der Waals surface area contributed by atoms with Crippen LogP contribution in [-0.4, -0.2) is 43.0 Å². The molecule has 4 heterocycles. The number of hydrogen-bond donors (Lipinski definition) is 2. The molecule has 8 aromatic rings. The van der Waals surface area contributed by atoms with Crippen molar-refractivity contribution in [2.75, 3.05) is 23.7 Å². The molecule has 0 aliphatic carbocycles. The summed E-state index contributed by atoms with van der Waals surface area (Å²) < 4.78 is 53.4. The van der Waals surface area contributed by atoms with Crippen molar-refractivity contribution in [1.82, 2.24) is 29.9 Å². The van der Waals surface area contributed by atoms with Gasteiger partial charge in [-0.1, -0.05) is 54.6 Å². The Labute approximate surface area is 332 Å². The van der Waals surface area contributed by atoms with Crippen molar-refractivity contribution >= 4 is 11.9 Å². The highest BCUT2D eigenvalue weighted by molar-refractivity contribution is 5.81. The lowest BCUT2D eigenvalue weighted by molar-refractivity contribution is 0.610. The van der Waals surface area contributed by atoms with Crippen LogP contribution in [0.2, 0.25) is 0 Å². The summed E-state index contributed by atoms with van der Waals surface area (Å²) >= 11 is 0. The normalized spacial score (nSPS) is 10.7. The zero-order valence-electron chi connectivity index (χ0n) is 31.0. The van der Waals surface area contributed by atoms with Crippen LogP contribution in [0.25, 0.3) is 44.8 Å². The van der Waals surface area contributed by atoms with Crippen molar-refractivity contribution in [3.63, 3.8) is 0 Å². The molecule has 0 saturated carbocycles. The third-order valence-electron chi connectivity index (χ3n) is 9.04. The van der Waals surface area contributed by atoms with Crippen molar-refractivity contribution in [3.05, 3.63) is 193 Å². The minimum Gasteiger partial charge on any atom is -0.354 e. The van der Waals surface area contributed by atoms with Crippen LogP contribution in [0.4, 0.5) is 29.5 Å². The number of halogens is 4. The zero-order valence-corrected chi connectivity index (χ0v) is 31.0. The molecule has 58 heavy (non-hydrogen) atoms. The van der Waals surface area contributed by atoms with E-state index in [0.717, 1.165) is 44.6 Å². The van der Waals surface area contributed by atoms with Crippen LogP contribution in [0, 0.1) is 23.3 Å². The second-order valence-corrected chi connectivity index (χ2v) is 13.0. The van der Waals surface area contributed by atoms with Gasteiger partial charge in [-0.2, -0.15) is 0 Å². The van der Waals surface area contributed by atoms with Crippen LogP contribution in [0.15, 0.2) is 159 Å². The topological polar surface area (TPSA) is 101 Å². The Kier molecular flexibility index (Phi) is 12.8. The van der Waals surface area contributed by atoms with Gasteiger partial charge in [-0.05, 0) is 102 Å². The molecule has 0 amide bonds. The maximum Gasteiger partial charge on any atom is 0.223 e. The van der Waals surface area contributed by atoms with Crippen LogP contribution in [0.1, 0.15) is 11.1 Å². The smallest absolute Gasteiger partial charge is 0.223 e. The van der Waals surface area contributed by atoms with Gasteiger partial charge in [0.25, 0.3) is 0 Å². The number of hydrogen-bond acceptors (Lipinski definition) is 8. The number of nitrogens with zero attached hydrogens (tertiary/aromatic N) is 6. The molecule has 0 bridgehead atoms. The summed E-state index contributed by atoms with van der Waals surface area (Å²) in [5.74, 6) is -0.127. The van der Waals surface area contributed by atoms with Crippen molar-refractivity contribution in [3.8, 4) is 44.8 Å². The Morgan fingerprint density at radius 3 is 1.33 bits per heavy atom. The molecular weight excluding hydrogens is 741 g/mol. The van der Waals surface area contributed by atoms with Crippen LogP contribution in [0.3, 0.4) is 0 Å². The first-order valence-corrected chi connectivity index (χ1v) is 18.4. The van der Waals surface area contributed by atoms with Gasteiger partial charge in [0.05, 0.1) is 11.4 Å². The Balaban J connectivity index is 0.000000177. The summed E-state index contributed by atoms with van der Waals surface area (Å²) in [5, 5.41) is 6.37. The summed E-state index contributed by atoms with van der Waals surface area (Å²) in [6, 6.07) is 33.0. The monoisotopic (exact) mass is 776 g/mol. The molecule has 0 saturated heterocycles. The molecule has 0 atom stereocenters. The van der Waals surface area contributed by atoms with E-state index in [1.54, 1.807) is 85.7 Å². The van der Waals surface area contributed by atoms with Gasteiger partial charge in [0.2, 0.25) is 11.9 Å². The maximum atomic E-state index is 13.8. The first-order valence-electron chi connectivity index (χ1n) is 18.4. The summed E-state index contributed by atoms with van der Waals surface area (Å²) in [5.41, 5.74) is 8.11. The molecule has 8 rings (SSSR count). The Morgan fingerprint density at radius 2 is 0.862 bits per heavy atom. The van der Waals surface area contributed by atoms with Crippen molar-refractivity contribution in [1.29, 1.82) is 0 Å². The molecule has 0 spiro atoms. The molecule has 0 unspecified atom stereocenters. The van der Waals surface area contributed by atoms with E-state index in [1.807, 2.05) is 30.3 Å². The average Bonchev–Trinajstić information content (AvgIpc) is 3.26. The zero-order chi connectivity index (χ0) is 40.1. The highest BCUT2D eigenvalue weighted by Gasteiger charge is 2.14.